The summed E-state index contributed by atoms with van der Waals surface area (Å²) in [6, 6.07) is 3.83. The third-order valence-corrected chi connectivity index (χ3v) is 3.80. The van der Waals surface area contributed by atoms with E-state index >= 15 is 0 Å². The molecule has 3 nitrogen and oxygen atoms in total. The standard InChI is InChI=1S/C12H12BrN3S/c1-2-3-9-10(13)12(17)16-11(15-9)8-4-6-14-7-5-8/h4-7H,2-3H2,1H3,(H,15,16,17). The highest BCUT2D eigenvalue weighted by Crippen LogP contribution is 2.21. The highest BCUT2D eigenvalue weighted by atomic mass is 79.9. The number of H-pyrrole nitrogens is 1. The molecular formula is C12H12BrN3S. The van der Waals surface area contributed by atoms with Gasteiger partial charge in [0.15, 0.2) is 0 Å². The molecule has 1 N–H and O–H groups in total. The van der Waals surface area contributed by atoms with E-state index in [-0.39, 0.29) is 0 Å². The van der Waals surface area contributed by atoms with Crippen LogP contribution in [-0.4, -0.2) is 15.0 Å². The van der Waals surface area contributed by atoms with Crippen LogP contribution in [0.3, 0.4) is 0 Å². The zero-order valence-electron chi connectivity index (χ0n) is 9.40. The average Bonchev–Trinajstić information content (AvgIpc) is 2.36. The summed E-state index contributed by atoms with van der Waals surface area (Å²) in [6.45, 7) is 2.13. The lowest BCUT2D eigenvalue weighted by molar-refractivity contribution is 0.865. The van der Waals surface area contributed by atoms with Crippen molar-refractivity contribution in [3.05, 3.63) is 39.3 Å². The minimum Gasteiger partial charge on any atom is -0.342 e. The number of aromatic amines is 1. The smallest absolute Gasteiger partial charge is 0.144 e. The van der Waals surface area contributed by atoms with Crippen LogP contribution in [0.2, 0.25) is 0 Å². The molecule has 2 aromatic heterocycles. The van der Waals surface area contributed by atoms with Gasteiger partial charge in [-0.3, -0.25) is 4.98 Å². The van der Waals surface area contributed by atoms with E-state index in [1.807, 2.05) is 12.1 Å². The maximum absolute atomic E-state index is 5.25. The van der Waals surface area contributed by atoms with Crippen molar-refractivity contribution in [2.45, 2.75) is 19.8 Å². The average molecular weight is 310 g/mol. The summed E-state index contributed by atoms with van der Waals surface area (Å²) in [7, 11) is 0. The van der Waals surface area contributed by atoms with E-state index in [9.17, 15) is 0 Å². The van der Waals surface area contributed by atoms with Gasteiger partial charge in [0.25, 0.3) is 0 Å². The normalized spacial score (nSPS) is 10.5. The Balaban J connectivity index is 2.53. The Morgan fingerprint density at radius 1 is 1.35 bits per heavy atom. The van der Waals surface area contributed by atoms with Gasteiger partial charge in [0.2, 0.25) is 0 Å². The van der Waals surface area contributed by atoms with Crippen LogP contribution >= 0.6 is 28.1 Å². The number of rotatable bonds is 3. The number of pyridine rings is 1. The van der Waals surface area contributed by atoms with Crippen molar-refractivity contribution in [3.8, 4) is 11.4 Å². The van der Waals surface area contributed by atoms with Crippen molar-refractivity contribution in [2.75, 3.05) is 0 Å². The van der Waals surface area contributed by atoms with Gasteiger partial charge >= 0.3 is 0 Å². The topological polar surface area (TPSA) is 41.6 Å². The van der Waals surface area contributed by atoms with Gasteiger partial charge in [0.05, 0.1) is 4.47 Å². The van der Waals surface area contributed by atoms with E-state index in [1.165, 1.54) is 0 Å². The zero-order valence-corrected chi connectivity index (χ0v) is 11.8. The summed E-state index contributed by atoms with van der Waals surface area (Å²) in [6.07, 6.45) is 5.50. The summed E-state index contributed by atoms with van der Waals surface area (Å²) in [5.74, 6) is 0.795. The van der Waals surface area contributed by atoms with Gasteiger partial charge < -0.3 is 4.98 Å². The van der Waals surface area contributed by atoms with Crippen molar-refractivity contribution < 1.29 is 0 Å². The number of hydrogen-bond acceptors (Lipinski definition) is 3. The molecular weight excluding hydrogens is 298 g/mol. The van der Waals surface area contributed by atoms with Crippen molar-refractivity contribution in [1.82, 2.24) is 15.0 Å². The number of aryl methyl sites for hydroxylation is 1. The number of halogens is 1. The fraction of sp³-hybridized carbons (Fsp3) is 0.250. The Bertz CT molecular complexity index is 566. The van der Waals surface area contributed by atoms with Crippen molar-refractivity contribution in [1.29, 1.82) is 0 Å². The van der Waals surface area contributed by atoms with Gasteiger partial charge in [0.1, 0.15) is 10.5 Å². The molecule has 0 aromatic carbocycles. The summed E-state index contributed by atoms with van der Waals surface area (Å²) < 4.78 is 1.49. The molecule has 0 saturated carbocycles. The van der Waals surface area contributed by atoms with Gasteiger partial charge in [0, 0.05) is 23.7 Å². The molecule has 0 unspecified atom stereocenters. The molecule has 0 aliphatic carbocycles. The molecule has 0 aliphatic heterocycles. The van der Waals surface area contributed by atoms with Gasteiger partial charge in [-0.2, -0.15) is 0 Å². The molecule has 2 heterocycles. The number of hydrogen-bond donors (Lipinski definition) is 1. The second kappa shape index (κ2) is 5.51. The molecule has 88 valence electrons. The molecule has 2 aromatic rings. The van der Waals surface area contributed by atoms with Gasteiger partial charge in [-0.25, -0.2) is 4.98 Å². The third-order valence-electron chi connectivity index (χ3n) is 2.39. The molecule has 0 atom stereocenters. The molecule has 0 radical (unpaired) electrons. The summed E-state index contributed by atoms with van der Waals surface area (Å²) >= 11 is 8.73. The number of nitrogens with zero attached hydrogens (tertiary/aromatic N) is 2. The molecule has 0 bridgehead atoms. The molecule has 0 amide bonds. The van der Waals surface area contributed by atoms with Gasteiger partial charge in [-0.15, -0.1) is 0 Å². The molecule has 17 heavy (non-hydrogen) atoms. The van der Waals surface area contributed by atoms with Gasteiger partial charge in [-0.05, 0) is 34.5 Å². The summed E-state index contributed by atoms with van der Waals surface area (Å²) in [4.78, 5) is 11.7. The largest absolute Gasteiger partial charge is 0.342 e. The second-order valence-electron chi connectivity index (χ2n) is 3.67. The maximum atomic E-state index is 5.25. The molecule has 5 heteroatoms. The first-order valence-corrected chi connectivity index (χ1v) is 6.61. The Hall–Kier alpha value is -1.07. The minimum absolute atomic E-state index is 0.596. The first-order valence-electron chi connectivity index (χ1n) is 5.41. The van der Waals surface area contributed by atoms with Crippen LogP contribution < -0.4 is 0 Å². The summed E-state index contributed by atoms with van der Waals surface area (Å²) in [5, 5.41) is 0. The molecule has 0 fully saturated rings. The van der Waals surface area contributed by atoms with Crippen molar-refractivity contribution in [2.24, 2.45) is 0 Å². The lowest BCUT2D eigenvalue weighted by atomic mass is 10.2. The van der Waals surface area contributed by atoms with Crippen LogP contribution in [0.25, 0.3) is 11.4 Å². The van der Waals surface area contributed by atoms with E-state index in [1.54, 1.807) is 12.4 Å². The fourth-order valence-corrected chi connectivity index (χ4v) is 2.17. The predicted molar refractivity (Wildman–Crippen MR) is 74.3 cm³/mol. The fourth-order valence-electron chi connectivity index (χ4n) is 1.57. The Kier molecular flexibility index (Phi) is 4.02. The van der Waals surface area contributed by atoms with Crippen molar-refractivity contribution >= 4 is 28.1 Å². The highest BCUT2D eigenvalue weighted by Gasteiger charge is 2.07. The second-order valence-corrected chi connectivity index (χ2v) is 4.85. The first-order chi connectivity index (χ1) is 8.22. The number of nitrogens with one attached hydrogen (secondary N) is 1. The molecule has 2 rings (SSSR count). The third kappa shape index (κ3) is 2.79. The Morgan fingerprint density at radius 2 is 2.06 bits per heavy atom. The zero-order chi connectivity index (χ0) is 12.3. The van der Waals surface area contributed by atoms with Crippen LogP contribution in [0.4, 0.5) is 0 Å². The van der Waals surface area contributed by atoms with E-state index in [2.05, 4.69) is 37.8 Å². The summed E-state index contributed by atoms with van der Waals surface area (Å²) in [5.41, 5.74) is 2.09. The van der Waals surface area contributed by atoms with Crippen LogP contribution in [0, 0.1) is 4.64 Å². The van der Waals surface area contributed by atoms with Gasteiger partial charge in [-0.1, -0.05) is 25.6 Å². The van der Waals surface area contributed by atoms with Crippen molar-refractivity contribution in [3.63, 3.8) is 0 Å². The van der Waals surface area contributed by atoms with E-state index < -0.39 is 0 Å². The lowest BCUT2D eigenvalue weighted by Crippen LogP contribution is -1.98. The minimum atomic E-state index is 0.596. The molecule has 0 spiro atoms. The first kappa shape index (κ1) is 12.4. The Labute approximate surface area is 113 Å². The lowest BCUT2D eigenvalue weighted by Gasteiger charge is -2.07. The van der Waals surface area contributed by atoms with Crippen LogP contribution in [0.5, 0.6) is 0 Å². The highest BCUT2D eigenvalue weighted by molar-refractivity contribution is 9.10. The quantitative estimate of drug-likeness (QED) is 0.874. The maximum Gasteiger partial charge on any atom is 0.144 e. The van der Waals surface area contributed by atoms with Crippen LogP contribution in [-0.2, 0) is 6.42 Å². The SMILES string of the molecule is CCCc1[nH]c(-c2ccncc2)nc(=S)c1Br. The number of aromatic nitrogens is 3. The Morgan fingerprint density at radius 3 is 2.71 bits per heavy atom. The van der Waals surface area contributed by atoms with Crippen LogP contribution in [0.15, 0.2) is 29.0 Å². The van der Waals surface area contributed by atoms with Crippen LogP contribution in [0.1, 0.15) is 19.0 Å². The van der Waals surface area contributed by atoms with E-state index in [0.717, 1.165) is 34.4 Å². The molecule has 0 saturated heterocycles. The van der Waals surface area contributed by atoms with E-state index in [4.69, 9.17) is 12.2 Å². The predicted octanol–water partition coefficient (Wildman–Crippen LogP) is 3.92. The molecule has 0 aliphatic rings. The monoisotopic (exact) mass is 309 g/mol. The van der Waals surface area contributed by atoms with E-state index in [0.29, 0.717) is 4.64 Å².